The van der Waals surface area contributed by atoms with Gasteiger partial charge in [0.1, 0.15) is 5.60 Å². The van der Waals surface area contributed by atoms with E-state index in [0.717, 1.165) is 39.0 Å². The van der Waals surface area contributed by atoms with Crippen molar-refractivity contribution < 1.29 is 14.3 Å². The molecule has 1 fully saturated rings. The fourth-order valence-electron chi connectivity index (χ4n) is 2.30. The smallest absolute Gasteiger partial charge is 0.303 e. The lowest BCUT2D eigenvalue weighted by molar-refractivity contribution is -0.154. The minimum absolute atomic E-state index is 0.196. The van der Waals surface area contributed by atoms with E-state index in [9.17, 15) is 4.79 Å². The van der Waals surface area contributed by atoms with Crippen LogP contribution in [-0.2, 0) is 20.9 Å². The Morgan fingerprint density at radius 3 is 1.97 bits per heavy atom. The van der Waals surface area contributed by atoms with Gasteiger partial charge in [0.2, 0.25) is 0 Å². The lowest BCUT2D eigenvalue weighted by Crippen LogP contribution is -2.26. The summed E-state index contributed by atoms with van der Waals surface area (Å²) in [6.45, 7) is 14.4. The molecule has 0 atom stereocenters. The number of benzene rings is 1. The van der Waals surface area contributed by atoms with E-state index in [1.807, 2.05) is 39.1 Å². The third-order valence-electron chi connectivity index (χ3n) is 3.87. The van der Waals surface area contributed by atoms with Crippen molar-refractivity contribution in [2.45, 2.75) is 105 Å². The van der Waals surface area contributed by atoms with Crippen LogP contribution in [0, 0.1) is 0 Å². The fraction of sp³-hybridized carbons (Fsp3) is 0.731. The summed E-state index contributed by atoms with van der Waals surface area (Å²) in [5.74, 6) is -0.196. The highest BCUT2D eigenvalue weighted by Gasteiger charge is 2.18. The van der Waals surface area contributed by atoms with Crippen LogP contribution in [0.25, 0.3) is 0 Å². The largest absolute Gasteiger partial charge is 0.460 e. The molecule has 0 saturated heterocycles. The molecule has 4 heteroatoms. The Morgan fingerprint density at radius 2 is 1.60 bits per heavy atom. The van der Waals surface area contributed by atoms with Gasteiger partial charge in [0.25, 0.3) is 0 Å². The van der Waals surface area contributed by atoms with Gasteiger partial charge in [-0.3, -0.25) is 4.79 Å². The van der Waals surface area contributed by atoms with Crippen molar-refractivity contribution in [3.8, 4) is 0 Å². The molecule has 1 aliphatic rings. The maximum Gasteiger partial charge on any atom is 0.303 e. The van der Waals surface area contributed by atoms with Gasteiger partial charge < -0.3 is 14.8 Å². The monoisotopic (exact) mass is 423 g/mol. The molecule has 2 rings (SSSR count). The van der Waals surface area contributed by atoms with E-state index in [1.54, 1.807) is 0 Å². The average Bonchev–Trinajstić information content (AvgIpc) is 3.57. The maximum absolute atomic E-state index is 10.5. The molecular weight excluding hydrogens is 374 g/mol. The number of hydrogen-bond donors (Lipinski definition) is 1. The molecule has 0 aromatic heterocycles. The van der Waals surface area contributed by atoms with E-state index in [1.165, 1.54) is 44.6 Å². The van der Waals surface area contributed by atoms with Crippen LogP contribution < -0.4 is 5.32 Å². The van der Waals surface area contributed by atoms with Gasteiger partial charge in [-0.05, 0) is 52.3 Å². The zero-order valence-corrected chi connectivity index (χ0v) is 20.9. The number of hydrogen-bond acceptors (Lipinski definition) is 4. The summed E-state index contributed by atoms with van der Waals surface area (Å²) in [6.07, 6.45) is 10.1. The summed E-state index contributed by atoms with van der Waals surface area (Å²) in [5.41, 5.74) is 0.974. The van der Waals surface area contributed by atoms with E-state index < -0.39 is 0 Å². The van der Waals surface area contributed by atoms with Crippen molar-refractivity contribution in [3.63, 3.8) is 0 Å². The van der Waals surface area contributed by atoms with Gasteiger partial charge in [-0.1, -0.05) is 83.2 Å². The van der Waals surface area contributed by atoms with Gasteiger partial charge in [0.05, 0.1) is 6.61 Å². The molecule has 0 amide bonds. The number of carbonyl (C=O) groups excluding carboxylic acids is 1. The predicted octanol–water partition coefficient (Wildman–Crippen LogP) is 6.92. The number of nitrogens with one attached hydrogen (secondary N) is 1. The third kappa shape index (κ3) is 28.8. The highest BCUT2D eigenvalue weighted by atomic mass is 16.6. The zero-order chi connectivity index (χ0) is 23.1. The summed E-state index contributed by atoms with van der Waals surface area (Å²) in [5, 5.41) is 3.07. The van der Waals surface area contributed by atoms with Gasteiger partial charge in [0, 0.05) is 13.5 Å². The highest BCUT2D eigenvalue weighted by Crippen LogP contribution is 2.16. The van der Waals surface area contributed by atoms with Crippen LogP contribution in [-0.4, -0.2) is 31.8 Å². The number of rotatable bonds is 10. The summed E-state index contributed by atoms with van der Waals surface area (Å²) in [4.78, 5) is 10.5. The summed E-state index contributed by atoms with van der Waals surface area (Å²) >= 11 is 0. The molecule has 0 aliphatic heterocycles. The molecule has 0 heterocycles. The van der Waals surface area contributed by atoms with E-state index in [0.29, 0.717) is 0 Å². The Hall–Kier alpha value is -1.39. The lowest BCUT2D eigenvalue weighted by Gasteiger charge is -2.23. The van der Waals surface area contributed by atoms with Gasteiger partial charge in [-0.2, -0.15) is 0 Å². The molecule has 0 unspecified atom stereocenters. The average molecular weight is 424 g/mol. The fourth-order valence-corrected chi connectivity index (χ4v) is 2.30. The van der Waals surface area contributed by atoms with Crippen LogP contribution in [0.5, 0.6) is 0 Å². The molecule has 0 bridgehead atoms. The van der Waals surface area contributed by atoms with E-state index in [2.05, 4.69) is 38.2 Å². The molecule has 0 spiro atoms. The number of unbranched alkanes of at least 4 members (excludes halogenated alkanes) is 1. The molecule has 1 N–H and O–H groups in total. The number of carbonyl (C=O) groups is 1. The highest BCUT2D eigenvalue weighted by molar-refractivity contribution is 5.66. The Bertz CT molecular complexity index is 466. The van der Waals surface area contributed by atoms with Crippen molar-refractivity contribution in [3.05, 3.63) is 35.9 Å². The first-order chi connectivity index (χ1) is 14.3. The molecule has 30 heavy (non-hydrogen) atoms. The second-order valence-electron chi connectivity index (χ2n) is 8.16. The van der Waals surface area contributed by atoms with E-state index in [4.69, 9.17) is 9.47 Å². The topological polar surface area (TPSA) is 47.6 Å². The van der Waals surface area contributed by atoms with Crippen LogP contribution in [0.4, 0.5) is 0 Å². The Labute approximate surface area is 187 Å². The molecule has 4 nitrogen and oxygen atoms in total. The quantitative estimate of drug-likeness (QED) is 0.328. The van der Waals surface area contributed by atoms with Crippen LogP contribution in [0.3, 0.4) is 0 Å². The third-order valence-corrected chi connectivity index (χ3v) is 3.87. The predicted molar refractivity (Wildman–Crippen MR) is 130 cm³/mol. The van der Waals surface area contributed by atoms with Crippen LogP contribution in [0.2, 0.25) is 0 Å². The van der Waals surface area contributed by atoms with Crippen molar-refractivity contribution in [2.75, 3.05) is 20.2 Å². The molecular formula is C26H49NO3. The Kier molecular flexibility index (Phi) is 22.9. The Balaban J connectivity index is 0. The summed E-state index contributed by atoms with van der Waals surface area (Å²) in [7, 11) is 1.98. The SMILES string of the molecule is C1CC1.CCCC(C)(C)OC(C)=O.CCCCNC.CCCOCc1ccccc1. The molecule has 1 aliphatic carbocycles. The van der Waals surface area contributed by atoms with Gasteiger partial charge in [0.15, 0.2) is 0 Å². The van der Waals surface area contributed by atoms with Crippen LogP contribution in [0.1, 0.15) is 98.5 Å². The Morgan fingerprint density at radius 1 is 1.00 bits per heavy atom. The molecule has 176 valence electrons. The number of esters is 1. The first-order valence-corrected chi connectivity index (χ1v) is 11.8. The van der Waals surface area contributed by atoms with Gasteiger partial charge in [-0.25, -0.2) is 0 Å². The minimum atomic E-state index is -0.277. The first-order valence-electron chi connectivity index (χ1n) is 11.8. The van der Waals surface area contributed by atoms with E-state index >= 15 is 0 Å². The minimum Gasteiger partial charge on any atom is -0.460 e. The molecule has 1 saturated carbocycles. The molecule has 1 aromatic rings. The second kappa shape index (κ2) is 22.3. The van der Waals surface area contributed by atoms with Crippen molar-refractivity contribution >= 4 is 5.97 Å². The van der Waals surface area contributed by atoms with Crippen LogP contribution >= 0.6 is 0 Å². The van der Waals surface area contributed by atoms with Crippen LogP contribution in [0.15, 0.2) is 30.3 Å². The van der Waals surface area contributed by atoms with Gasteiger partial charge in [-0.15, -0.1) is 0 Å². The first kappa shape index (κ1) is 30.8. The van der Waals surface area contributed by atoms with Crippen molar-refractivity contribution in [1.29, 1.82) is 0 Å². The van der Waals surface area contributed by atoms with Gasteiger partial charge >= 0.3 is 5.97 Å². The summed E-state index contributed by atoms with van der Waals surface area (Å²) in [6, 6.07) is 10.2. The van der Waals surface area contributed by atoms with Crippen molar-refractivity contribution in [1.82, 2.24) is 5.32 Å². The lowest BCUT2D eigenvalue weighted by atomic mass is 10.0. The standard InChI is InChI=1S/C10H14O.C8H16O2.C5H13N.C3H6/c1-2-8-11-9-10-6-4-3-5-7-10;1-5-6-8(3,4)10-7(2)9;1-3-4-5-6-2;1-2-3-1/h3-7H,2,8-9H2,1H3;5-6H2,1-4H3;6H,3-5H2,1-2H3;1-3H2. The zero-order valence-electron chi connectivity index (χ0n) is 20.9. The molecule has 1 aromatic carbocycles. The second-order valence-corrected chi connectivity index (χ2v) is 8.16. The number of ether oxygens (including phenoxy) is 2. The molecule has 0 radical (unpaired) electrons. The van der Waals surface area contributed by atoms with Crippen molar-refractivity contribution in [2.24, 2.45) is 0 Å². The van der Waals surface area contributed by atoms with E-state index in [-0.39, 0.29) is 11.6 Å². The normalized spacial score (nSPS) is 11.6. The maximum atomic E-state index is 10.5. The summed E-state index contributed by atoms with van der Waals surface area (Å²) < 4.78 is 10.4.